The van der Waals surface area contributed by atoms with Gasteiger partial charge < -0.3 is 20.1 Å². The Balaban J connectivity index is 1.89. The second-order valence-electron chi connectivity index (χ2n) is 5.04. The molecule has 0 aromatic rings. The number of ether oxygens (including phenoxy) is 1. The number of hydrogen-bond acceptors (Lipinski definition) is 4. The van der Waals surface area contributed by atoms with Crippen molar-refractivity contribution in [3.63, 3.8) is 0 Å². The maximum atomic E-state index is 12.3. The van der Waals surface area contributed by atoms with Crippen LogP contribution in [0.4, 0.5) is 0 Å². The number of piperidine rings is 1. The molecule has 0 saturated carbocycles. The Morgan fingerprint density at radius 2 is 2.41 bits per heavy atom. The lowest BCUT2D eigenvalue weighted by atomic mass is 9.92. The van der Waals surface area contributed by atoms with Crippen LogP contribution in [0.3, 0.4) is 0 Å². The molecule has 2 aliphatic rings. The van der Waals surface area contributed by atoms with Crippen molar-refractivity contribution in [3.8, 4) is 0 Å². The molecule has 5 nitrogen and oxygen atoms in total. The molecule has 3 atom stereocenters. The van der Waals surface area contributed by atoms with Crippen LogP contribution in [0.5, 0.6) is 0 Å². The third-order valence-corrected chi connectivity index (χ3v) is 3.63. The van der Waals surface area contributed by atoms with Crippen LogP contribution in [0.2, 0.25) is 0 Å². The number of nitrogens with one attached hydrogen (secondary N) is 1. The molecule has 5 heteroatoms. The van der Waals surface area contributed by atoms with Crippen LogP contribution in [0, 0.1) is 5.92 Å². The summed E-state index contributed by atoms with van der Waals surface area (Å²) in [6.07, 6.45) is 1.64. The molecule has 0 radical (unpaired) electrons. The van der Waals surface area contributed by atoms with Gasteiger partial charge in [0.05, 0.1) is 19.3 Å². The predicted molar refractivity (Wildman–Crippen MR) is 63.6 cm³/mol. The first-order valence-electron chi connectivity index (χ1n) is 6.45. The van der Waals surface area contributed by atoms with E-state index < -0.39 is 0 Å². The molecular weight excluding hydrogens is 220 g/mol. The summed E-state index contributed by atoms with van der Waals surface area (Å²) in [4.78, 5) is 14.2. The Morgan fingerprint density at radius 3 is 3.12 bits per heavy atom. The van der Waals surface area contributed by atoms with Gasteiger partial charge in [0.2, 0.25) is 5.91 Å². The first kappa shape index (κ1) is 12.8. The van der Waals surface area contributed by atoms with Gasteiger partial charge in [0, 0.05) is 25.0 Å². The SMILES string of the molecule is CC1CC(C(=O)N2CCOC(CO)C2)CCN1. The number of hydrogen-bond donors (Lipinski definition) is 2. The summed E-state index contributed by atoms with van der Waals surface area (Å²) in [6, 6.07) is 0.423. The van der Waals surface area contributed by atoms with Crippen molar-refractivity contribution in [1.82, 2.24) is 10.2 Å². The van der Waals surface area contributed by atoms with Gasteiger partial charge in [-0.1, -0.05) is 0 Å². The molecule has 0 spiro atoms. The van der Waals surface area contributed by atoms with Gasteiger partial charge in [0.15, 0.2) is 0 Å². The molecule has 2 N–H and O–H groups in total. The molecule has 1 amide bonds. The van der Waals surface area contributed by atoms with Gasteiger partial charge in [-0.25, -0.2) is 0 Å². The summed E-state index contributed by atoms with van der Waals surface area (Å²) in [5.41, 5.74) is 0. The highest BCUT2D eigenvalue weighted by molar-refractivity contribution is 5.79. The van der Waals surface area contributed by atoms with E-state index in [0.29, 0.717) is 25.7 Å². The monoisotopic (exact) mass is 242 g/mol. The second kappa shape index (κ2) is 5.80. The molecule has 0 aromatic carbocycles. The van der Waals surface area contributed by atoms with Crippen LogP contribution >= 0.6 is 0 Å². The highest BCUT2D eigenvalue weighted by Gasteiger charge is 2.31. The number of amides is 1. The standard InChI is InChI=1S/C12H22N2O3/c1-9-6-10(2-3-13-9)12(16)14-4-5-17-11(7-14)8-15/h9-11,13,15H,2-8H2,1H3. The summed E-state index contributed by atoms with van der Waals surface area (Å²) in [5, 5.41) is 12.4. The van der Waals surface area contributed by atoms with Gasteiger partial charge in [-0.3, -0.25) is 4.79 Å². The number of aliphatic hydroxyl groups is 1. The normalized spacial score (nSPS) is 34.7. The third kappa shape index (κ3) is 3.18. The Bertz CT molecular complexity index is 272. The molecule has 0 aromatic heterocycles. The largest absolute Gasteiger partial charge is 0.394 e. The first-order chi connectivity index (χ1) is 8.20. The molecule has 2 saturated heterocycles. The van der Waals surface area contributed by atoms with E-state index >= 15 is 0 Å². The Kier molecular flexibility index (Phi) is 4.36. The van der Waals surface area contributed by atoms with E-state index in [1.807, 2.05) is 4.90 Å². The number of nitrogens with zero attached hydrogens (tertiary/aromatic N) is 1. The van der Waals surface area contributed by atoms with Crippen molar-refractivity contribution >= 4 is 5.91 Å². The van der Waals surface area contributed by atoms with E-state index in [0.717, 1.165) is 19.4 Å². The first-order valence-corrected chi connectivity index (χ1v) is 6.45. The number of carbonyl (C=O) groups is 1. The molecule has 0 aliphatic carbocycles. The Labute approximate surface area is 102 Å². The summed E-state index contributed by atoms with van der Waals surface area (Å²) in [7, 11) is 0. The zero-order valence-electron chi connectivity index (χ0n) is 10.4. The lowest BCUT2D eigenvalue weighted by molar-refractivity contribution is -0.145. The second-order valence-corrected chi connectivity index (χ2v) is 5.04. The van der Waals surface area contributed by atoms with Crippen molar-refractivity contribution in [2.45, 2.75) is 31.9 Å². The average molecular weight is 242 g/mol. The molecule has 17 heavy (non-hydrogen) atoms. The van der Waals surface area contributed by atoms with Crippen molar-refractivity contribution in [2.75, 3.05) is 32.8 Å². The van der Waals surface area contributed by atoms with E-state index in [4.69, 9.17) is 9.84 Å². The number of morpholine rings is 1. The minimum absolute atomic E-state index is 0.00753. The Hall–Kier alpha value is -0.650. The molecule has 2 aliphatic heterocycles. The highest BCUT2D eigenvalue weighted by Crippen LogP contribution is 2.20. The maximum Gasteiger partial charge on any atom is 0.225 e. The molecule has 2 rings (SSSR count). The van der Waals surface area contributed by atoms with E-state index in [1.54, 1.807) is 0 Å². The lowest BCUT2D eigenvalue weighted by Gasteiger charge is -2.36. The maximum absolute atomic E-state index is 12.3. The van der Waals surface area contributed by atoms with E-state index in [9.17, 15) is 4.79 Å². The van der Waals surface area contributed by atoms with Crippen LogP contribution < -0.4 is 5.32 Å². The molecular formula is C12H22N2O3. The lowest BCUT2D eigenvalue weighted by Crippen LogP contribution is -2.51. The van der Waals surface area contributed by atoms with Crippen molar-refractivity contribution in [2.24, 2.45) is 5.92 Å². The Morgan fingerprint density at radius 1 is 1.59 bits per heavy atom. The fourth-order valence-corrected chi connectivity index (χ4v) is 2.64. The minimum Gasteiger partial charge on any atom is -0.394 e. The summed E-state index contributed by atoms with van der Waals surface area (Å²) >= 11 is 0. The minimum atomic E-state index is -0.202. The number of rotatable bonds is 2. The van der Waals surface area contributed by atoms with Gasteiger partial charge in [-0.05, 0) is 26.3 Å². The molecule has 98 valence electrons. The van der Waals surface area contributed by atoms with Crippen LogP contribution in [0.15, 0.2) is 0 Å². The van der Waals surface area contributed by atoms with Gasteiger partial charge in [0.1, 0.15) is 0 Å². The molecule has 3 unspecified atom stereocenters. The van der Waals surface area contributed by atoms with E-state index in [-0.39, 0.29) is 24.5 Å². The zero-order chi connectivity index (χ0) is 12.3. The molecule has 2 heterocycles. The number of carbonyl (C=O) groups excluding carboxylic acids is 1. The van der Waals surface area contributed by atoms with Gasteiger partial charge in [0.25, 0.3) is 0 Å². The summed E-state index contributed by atoms with van der Waals surface area (Å²) < 4.78 is 5.36. The van der Waals surface area contributed by atoms with Crippen molar-refractivity contribution in [3.05, 3.63) is 0 Å². The summed E-state index contributed by atoms with van der Waals surface area (Å²) in [5.74, 6) is 0.379. The zero-order valence-corrected chi connectivity index (χ0v) is 10.4. The molecule has 2 fully saturated rings. The molecule has 0 bridgehead atoms. The predicted octanol–water partition coefficient (Wildman–Crippen LogP) is -0.406. The van der Waals surface area contributed by atoms with Gasteiger partial charge >= 0.3 is 0 Å². The third-order valence-electron chi connectivity index (χ3n) is 3.63. The van der Waals surface area contributed by atoms with Gasteiger partial charge in [-0.15, -0.1) is 0 Å². The average Bonchev–Trinajstić information content (AvgIpc) is 2.38. The summed E-state index contributed by atoms with van der Waals surface area (Å²) in [6.45, 7) is 4.77. The van der Waals surface area contributed by atoms with E-state index in [2.05, 4.69) is 12.2 Å². The fraction of sp³-hybridized carbons (Fsp3) is 0.917. The van der Waals surface area contributed by atoms with Crippen molar-refractivity contribution in [1.29, 1.82) is 0 Å². The number of aliphatic hydroxyl groups excluding tert-OH is 1. The van der Waals surface area contributed by atoms with Crippen molar-refractivity contribution < 1.29 is 14.6 Å². The topological polar surface area (TPSA) is 61.8 Å². The van der Waals surface area contributed by atoms with Crippen LogP contribution in [0.25, 0.3) is 0 Å². The highest BCUT2D eigenvalue weighted by atomic mass is 16.5. The fourth-order valence-electron chi connectivity index (χ4n) is 2.64. The smallest absolute Gasteiger partial charge is 0.225 e. The van der Waals surface area contributed by atoms with Crippen LogP contribution in [-0.4, -0.2) is 60.9 Å². The van der Waals surface area contributed by atoms with Crippen LogP contribution in [0.1, 0.15) is 19.8 Å². The van der Waals surface area contributed by atoms with Crippen LogP contribution in [-0.2, 0) is 9.53 Å². The van der Waals surface area contributed by atoms with Gasteiger partial charge in [-0.2, -0.15) is 0 Å². The quantitative estimate of drug-likeness (QED) is 0.691. The van der Waals surface area contributed by atoms with E-state index in [1.165, 1.54) is 0 Å².